The minimum absolute atomic E-state index is 0.102. The van der Waals surface area contributed by atoms with E-state index in [1.165, 1.54) is 11.6 Å². The first-order valence-corrected chi connectivity index (χ1v) is 12.0. The molecule has 3 rings (SSSR count). The van der Waals surface area contributed by atoms with E-state index in [2.05, 4.69) is 4.74 Å². The van der Waals surface area contributed by atoms with E-state index >= 15 is 0 Å². The number of esters is 1. The molecule has 0 amide bonds. The SMILES string of the molecule is COC(=O)C1=CCCC(c2ccc(Cl)cc2Cl)C1=O.Cl[Se]c1ccccc1. The van der Waals surface area contributed by atoms with Crippen LogP contribution in [-0.4, -0.2) is 32.9 Å². The number of benzene rings is 2. The van der Waals surface area contributed by atoms with Crippen LogP contribution in [0.5, 0.6) is 0 Å². The zero-order valence-corrected chi connectivity index (χ0v) is 18.4. The number of allylic oxidation sites excluding steroid dienone is 1. The van der Waals surface area contributed by atoms with Crippen molar-refractivity contribution in [2.45, 2.75) is 18.8 Å². The average Bonchev–Trinajstić information content (AvgIpc) is 2.69. The number of carbonyl (C=O) groups excluding carboxylic acids is 2. The first-order chi connectivity index (χ1) is 13.0. The number of hydrogen-bond donors (Lipinski definition) is 0. The van der Waals surface area contributed by atoms with Gasteiger partial charge in [-0.2, -0.15) is 0 Å². The van der Waals surface area contributed by atoms with Gasteiger partial charge in [-0.1, -0.05) is 35.3 Å². The number of rotatable bonds is 3. The maximum atomic E-state index is 12.3. The van der Waals surface area contributed by atoms with Crippen LogP contribution in [0.25, 0.3) is 0 Å². The minimum atomic E-state index is -0.597. The molecule has 1 aliphatic rings. The van der Waals surface area contributed by atoms with Gasteiger partial charge in [-0.15, -0.1) is 0 Å². The van der Waals surface area contributed by atoms with Crippen LogP contribution in [-0.2, 0) is 14.3 Å². The summed E-state index contributed by atoms with van der Waals surface area (Å²) in [5.41, 5.74) is 0.801. The van der Waals surface area contributed by atoms with E-state index in [4.69, 9.17) is 33.3 Å². The van der Waals surface area contributed by atoms with Gasteiger partial charge >= 0.3 is 64.9 Å². The molecule has 2 aromatic carbocycles. The Kier molecular flexibility index (Phi) is 8.88. The number of methoxy groups -OCH3 is 1. The Morgan fingerprint density at radius 2 is 1.85 bits per heavy atom. The molecule has 3 nitrogen and oxygen atoms in total. The maximum absolute atomic E-state index is 12.3. The van der Waals surface area contributed by atoms with Crippen LogP contribution >= 0.6 is 33.3 Å². The van der Waals surface area contributed by atoms with Crippen LogP contribution in [0.1, 0.15) is 24.3 Å². The average molecular weight is 491 g/mol. The standard InChI is InChI=1S/C14H12Cl2O3.C6H5ClSe/c1-19-14(18)11-4-2-3-10(13(11)17)9-6-5-8(15)7-12(9)16;7-8-6-4-2-1-3-5-6/h4-7,10H,2-3H2,1H3;1-5H. The van der Waals surface area contributed by atoms with Gasteiger partial charge in [-0.3, -0.25) is 4.79 Å². The van der Waals surface area contributed by atoms with Crippen LogP contribution < -0.4 is 4.46 Å². The van der Waals surface area contributed by atoms with E-state index in [1.807, 2.05) is 30.3 Å². The van der Waals surface area contributed by atoms with Gasteiger partial charge in [-0.25, -0.2) is 4.79 Å². The van der Waals surface area contributed by atoms with Gasteiger partial charge in [-0.05, 0) is 30.5 Å². The molecule has 27 heavy (non-hydrogen) atoms. The molecule has 0 N–H and O–H groups in total. The first-order valence-electron chi connectivity index (χ1n) is 8.09. The third-order valence-electron chi connectivity index (χ3n) is 3.96. The summed E-state index contributed by atoms with van der Waals surface area (Å²) in [6, 6.07) is 15.1. The van der Waals surface area contributed by atoms with Crippen molar-refractivity contribution in [2.75, 3.05) is 7.11 Å². The second-order valence-electron chi connectivity index (χ2n) is 5.66. The molecule has 0 radical (unpaired) electrons. The molecular formula is C20H17Cl3O3Se. The Balaban J connectivity index is 0.000000273. The van der Waals surface area contributed by atoms with Crippen LogP contribution in [0, 0.1) is 0 Å². The number of carbonyl (C=O) groups is 2. The van der Waals surface area contributed by atoms with Crippen LogP contribution in [0.15, 0.2) is 60.2 Å². The quantitative estimate of drug-likeness (QED) is 0.356. The fourth-order valence-electron chi connectivity index (χ4n) is 2.66. The molecule has 1 aliphatic carbocycles. The summed E-state index contributed by atoms with van der Waals surface area (Å²) in [7, 11) is 6.85. The van der Waals surface area contributed by atoms with Gasteiger partial charge in [0.15, 0.2) is 5.78 Å². The summed E-state index contributed by atoms with van der Waals surface area (Å²) in [6.07, 6.45) is 2.88. The Hall–Kier alpha value is -1.29. The van der Waals surface area contributed by atoms with Crippen molar-refractivity contribution in [3.63, 3.8) is 0 Å². The van der Waals surface area contributed by atoms with Crippen molar-refractivity contribution < 1.29 is 14.3 Å². The van der Waals surface area contributed by atoms with Crippen molar-refractivity contribution in [3.05, 3.63) is 75.8 Å². The Labute approximate surface area is 179 Å². The predicted octanol–water partition coefficient (Wildman–Crippen LogP) is 4.71. The van der Waals surface area contributed by atoms with E-state index in [1.54, 1.807) is 24.3 Å². The van der Waals surface area contributed by atoms with Crippen molar-refractivity contribution in [1.29, 1.82) is 0 Å². The Bertz CT molecular complexity index is 838. The van der Waals surface area contributed by atoms with E-state index in [0.29, 0.717) is 28.5 Å². The number of Topliss-reactive ketones (excluding diaryl/α,β-unsaturated/α-hetero) is 1. The zero-order valence-electron chi connectivity index (χ0n) is 14.5. The van der Waals surface area contributed by atoms with Gasteiger partial charge in [0.1, 0.15) is 0 Å². The second-order valence-corrected chi connectivity index (χ2v) is 8.62. The molecule has 1 unspecified atom stereocenters. The summed E-state index contributed by atoms with van der Waals surface area (Å²) in [5, 5.41) is 0.956. The number of ether oxygens (including phenoxy) is 1. The molecular weight excluding hydrogens is 474 g/mol. The monoisotopic (exact) mass is 490 g/mol. The van der Waals surface area contributed by atoms with Gasteiger partial charge in [0.25, 0.3) is 0 Å². The fraction of sp³-hybridized carbons (Fsp3) is 0.200. The molecule has 1 atom stereocenters. The normalized spacial score (nSPS) is 16.1. The molecule has 0 heterocycles. The van der Waals surface area contributed by atoms with Crippen molar-refractivity contribution in [2.24, 2.45) is 0 Å². The molecule has 0 spiro atoms. The number of halogens is 3. The zero-order chi connectivity index (χ0) is 19.8. The fourth-order valence-corrected chi connectivity index (χ4v) is 4.28. The molecule has 0 saturated carbocycles. The van der Waals surface area contributed by atoms with Gasteiger partial charge in [0.2, 0.25) is 0 Å². The molecule has 0 aliphatic heterocycles. The van der Waals surface area contributed by atoms with E-state index < -0.39 is 11.9 Å². The summed E-state index contributed by atoms with van der Waals surface area (Å²) < 4.78 is 5.85. The molecule has 2 aromatic rings. The van der Waals surface area contributed by atoms with Crippen molar-refractivity contribution in [3.8, 4) is 0 Å². The topological polar surface area (TPSA) is 43.4 Å². The molecule has 142 valence electrons. The van der Waals surface area contributed by atoms with Gasteiger partial charge < -0.3 is 4.74 Å². The van der Waals surface area contributed by atoms with Crippen LogP contribution in [0.2, 0.25) is 10.0 Å². The second kappa shape index (κ2) is 10.9. The molecule has 0 fully saturated rings. The number of ketones is 1. The van der Waals surface area contributed by atoms with Crippen LogP contribution in [0.4, 0.5) is 0 Å². The van der Waals surface area contributed by atoms with E-state index in [-0.39, 0.29) is 25.4 Å². The van der Waals surface area contributed by atoms with Crippen molar-refractivity contribution in [1.82, 2.24) is 0 Å². The molecule has 7 heteroatoms. The first kappa shape index (κ1) is 22.0. The third-order valence-corrected chi connectivity index (χ3v) is 6.39. The van der Waals surface area contributed by atoms with Crippen LogP contribution in [0.3, 0.4) is 0 Å². The Morgan fingerprint density at radius 3 is 2.41 bits per heavy atom. The summed E-state index contributed by atoms with van der Waals surface area (Å²) >= 11 is 12.1. The third kappa shape index (κ3) is 6.10. The van der Waals surface area contributed by atoms with Gasteiger partial charge in [0, 0.05) is 16.0 Å². The van der Waals surface area contributed by atoms with Crippen molar-refractivity contribution >= 4 is 63.6 Å². The summed E-state index contributed by atoms with van der Waals surface area (Å²) in [5.74, 6) is -1.26. The molecule has 0 aromatic heterocycles. The Morgan fingerprint density at radius 1 is 1.15 bits per heavy atom. The van der Waals surface area contributed by atoms with E-state index in [9.17, 15) is 9.59 Å². The van der Waals surface area contributed by atoms with Gasteiger partial charge in [0.05, 0.1) is 12.7 Å². The molecule has 0 saturated heterocycles. The summed E-state index contributed by atoms with van der Waals surface area (Å²) in [4.78, 5) is 23.8. The molecule has 0 bridgehead atoms. The predicted molar refractivity (Wildman–Crippen MR) is 111 cm³/mol. The van der Waals surface area contributed by atoms with E-state index in [0.717, 1.165) is 0 Å². The summed E-state index contributed by atoms with van der Waals surface area (Å²) in [6.45, 7) is 0. The number of hydrogen-bond acceptors (Lipinski definition) is 3.